The van der Waals surface area contributed by atoms with Crippen molar-refractivity contribution in [3.05, 3.63) is 108 Å². The maximum atomic E-state index is 13.7. The maximum Gasteiger partial charge on any atom is 0.251 e. The van der Waals surface area contributed by atoms with Crippen LogP contribution in [-0.2, 0) is 19.7 Å². The molecule has 0 aliphatic carbocycles. The lowest BCUT2D eigenvalue weighted by Gasteiger charge is -2.16. The molecule has 0 unspecified atom stereocenters. The Labute approximate surface area is 234 Å². The number of methoxy groups -OCH3 is 2. The number of amides is 1. The van der Waals surface area contributed by atoms with Gasteiger partial charge in [-0.1, -0.05) is 29.8 Å². The lowest BCUT2D eigenvalue weighted by molar-refractivity contribution is 0.0940. The van der Waals surface area contributed by atoms with Crippen LogP contribution in [0, 0.1) is 6.92 Å². The molecule has 1 amide bonds. The summed E-state index contributed by atoms with van der Waals surface area (Å²) in [6.07, 6.45) is 0. The molecule has 4 aromatic rings. The van der Waals surface area contributed by atoms with E-state index in [2.05, 4.69) is 5.32 Å². The zero-order valence-corrected chi connectivity index (χ0v) is 24.0. The third kappa shape index (κ3) is 5.88. The molecule has 0 saturated heterocycles. The van der Waals surface area contributed by atoms with Crippen LogP contribution >= 0.6 is 0 Å². The molecule has 0 heterocycles. The van der Waals surface area contributed by atoms with Gasteiger partial charge >= 0.3 is 0 Å². The Morgan fingerprint density at radius 3 is 1.73 bits per heavy atom. The summed E-state index contributed by atoms with van der Waals surface area (Å²) < 4.78 is 64.9. The quantitative estimate of drug-likeness (QED) is 0.291. The number of carbonyl (C=O) groups excluding carboxylic acids is 1. The lowest BCUT2D eigenvalue weighted by Crippen LogP contribution is -2.26. The van der Waals surface area contributed by atoms with E-state index in [1.807, 2.05) is 19.1 Å². The van der Waals surface area contributed by atoms with Gasteiger partial charge < -0.3 is 14.8 Å². The van der Waals surface area contributed by atoms with E-state index in [1.54, 1.807) is 31.2 Å². The number of carbonyl (C=O) groups is 1. The van der Waals surface area contributed by atoms with Gasteiger partial charge in [-0.25, -0.2) is 16.8 Å². The number of rotatable bonds is 9. The smallest absolute Gasteiger partial charge is 0.251 e. The second-order valence-electron chi connectivity index (χ2n) is 9.13. The standard InChI is InChI=1S/C30H29NO7S2/c1-20-5-7-23(8-6-20)30(32)31-21(2)22-9-14-26(15-10-22)39(33,34)28-18-13-25(38-4)19-29(28)40(35,36)27-16-11-24(37-3)12-17-27/h5-19,21H,1-4H3,(H,31,32)/t21-/m0/s1. The van der Waals surface area contributed by atoms with E-state index in [9.17, 15) is 21.6 Å². The molecule has 0 aliphatic heterocycles. The molecule has 0 aromatic heterocycles. The Balaban J connectivity index is 1.66. The van der Waals surface area contributed by atoms with Crippen molar-refractivity contribution in [1.29, 1.82) is 0 Å². The highest BCUT2D eigenvalue weighted by Crippen LogP contribution is 2.34. The third-order valence-electron chi connectivity index (χ3n) is 6.45. The molecule has 8 nitrogen and oxygen atoms in total. The van der Waals surface area contributed by atoms with Crippen molar-refractivity contribution in [2.75, 3.05) is 14.2 Å². The topological polar surface area (TPSA) is 116 Å². The van der Waals surface area contributed by atoms with Gasteiger partial charge in [0.05, 0.1) is 39.8 Å². The molecular formula is C30H29NO7S2. The Morgan fingerprint density at radius 2 is 1.18 bits per heavy atom. The minimum absolute atomic E-state index is 0.0912. The van der Waals surface area contributed by atoms with Crippen molar-refractivity contribution in [2.45, 2.75) is 39.5 Å². The van der Waals surface area contributed by atoms with Gasteiger partial charge in [-0.2, -0.15) is 0 Å². The number of aryl methyl sites for hydroxylation is 1. The zero-order valence-electron chi connectivity index (χ0n) is 22.4. The van der Waals surface area contributed by atoms with Gasteiger partial charge in [0, 0.05) is 11.6 Å². The lowest BCUT2D eigenvalue weighted by atomic mass is 10.1. The molecule has 0 saturated carbocycles. The van der Waals surface area contributed by atoms with Crippen LogP contribution in [0.25, 0.3) is 0 Å². The SMILES string of the molecule is COc1ccc(S(=O)(=O)c2cc(OC)ccc2S(=O)(=O)c2ccc([C@H](C)NC(=O)c3ccc(C)cc3)cc2)cc1. The largest absolute Gasteiger partial charge is 0.497 e. The molecule has 40 heavy (non-hydrogen) atoms. The molecule has 4 aromatic carbocycles. The Bertz CT molecular complexity index is 1730. The summed E-state index contributed by atoms with van der Waals surface area (Å²) in [4.78, 5) is 11.6. The number of sulfone groups is 2. The molecule has 0 fully saturated rings. The Hall–Kier alpha value is -4.15. The summed E-state index contributed by atoms with van der Waals surface area (Å²) in [7, 11) is -5.68. The first-order valence-corrected chi connectivity index (χ1v) is 15.2. The van der Waals surface area contributed by atoms with Crippen molar-refractivity contribution >= 4 is 25.6 Å². The summed E-state index contributed by atoms with van der Waals surface area (Å²) in [5, 5.41) is 2.90. The van der Waals surface area contributed by atoms with Crippen LogP contribution in [0.1, 0.15) is 34.5 Å². The maximum absolute atomic E-state index is 13.7. The second-order valence-corrected chi connectivity index (χ2v) is 13.0. The zero-order chi connectivity index (χ0) is 29.1. The fourth-order valence-electron chi connectivity index (χ4n) is 4.06. The molecule has 4 rings (SSSR count). The molecule has 1 N–H and O–H groups in total. The highest BCUT2D eigenvalue weighted by atomic mass is 32.2. The van der Waals surface area contributed by atoms with Gasteiger partial charge in [-0.15, -0.1) is 0 Å². The van der Waals surface area contributed by atoms with E-state index in [-0.39, 0.29) is 26.3 Å². The summed E-state index contributed by atoms with van der Waals surface area (Å²) in [5.74, 6) is 0.400. The summed E-state index contributed by atoms with van der Waals surface area (Å²) in [6, 6.07) is 22.2. The number of ether oxygens (including phenoxy) is 2. The molecule has 0 spiro atoms. The number of benzene rings is 4. The summed E-state index contributed by atoms with van der Waals surface area (Å²) in [6.45, 7) is 3.72. The molecule has 0 aliphatic rings. The van der Waals surface area contributed by atoms with Gasteiger partial charge in [0.1, 0.15) is 11.5 Å². The molecule has 0 bridgehead atoms. The summed E-state index contributed by atoms with van der Waals surface area (Å²) >= 11 is 0. The van der Waals surface area contributed by atoms with Crippen LogP contribution in [0.4, 0.5) is 0 Å². The van der Waals surface area contributed by atoms with Crippen LogP contribution in [0.5, 0.6) is 11.5 Å². The number of hydrogen-bond acceptors (Lipinski definition) is 7. The average molecular weight is 580 g/mol. The van der Waals surface area contributed by atoms with E-state index in [1.165, 1.54) is 68.8 Å². The molecule has 1 atom stereocenters. The molecule has 10 heteroatoms. The van der Waals surface area contributed by atoms with E-state index in [0.717, 1.165) is 5.56 Å². The number of hydrogen-bond donors (Lipinski definition) is 1. The monoisotopic (exact) mass is 579 g/mol. The predicted octanol–water partition coefficient (Wildman–Crippen LogP) is 5.17. The van der Waals surface area contributed by atoms with Crippen molar-refractivity contribution < 1.29 is 31.1 Å². The average Bonchev–Trinajstić information content (AvgIpc) is 2.97. The highest BCUT2D eigenvalue weighted by Gasteiger charge is 2.30. The van der Waals surface area contributed by atoms with E-state index in [4.69, 9.17) is 9.47 Å². The summed E-state index contributed by atoms with van der Waals surface area (Å²) in [5.41, 5.74) is 2.24. The minimum Gasteiger partial charge on any atom is -0.497 e. The van der Waals surface area contributed by atoms with Crippen LogP contribution in [-0.4, -0.2) is 37.0 Å². The van der Waals surface area contributed by atoms with Gasteiger partial charge in [0.2, 0.25) is 19.7 Å². The second kappa shape index (κ2) is 11.5. The molecule has 0 radical (unpaired) electrons. The van der Waals surface area contributed by atoms with Crippen LogP contribution in [0.3, 0.4) is 0 Å². The Kier molecular flexibility index (Phi) is 8.32. The van der Waals surface area contributed by atoms with Gasteiger partial charge in [-0.05, 0) is 80.1 Å². The van der Waals surface area contributed by atoms with Crippen molar-refractivity contribution in [2.24, 2.45) is 0 Å². The fourth-order valence-corrected chi connectivity index (χ4v) is 7.39. The first-order chi connectivity index (χ1) is 19.0. The van der Waals surface area contributed by atoms with Crippen LogP contribution < -0.4 is 14.8 Å². The van der Waals surface area contributed by atoms with E-state index < -0.39 is 30.6 Å². The van der Waals surface area contributed by atoms with Crippen molar-refractivity contribution in [3.8, 4) is 11.5 Å². The van der Waals surface area contributed by atoms with Crippen molar-refractivity contribution in [3.63, 3.8) is 0 Å². The third-order valence-corrected chi connectivity index (χ3v) is 10.2. The molecule has 208 valence electrons. The van der Waals surface area contributed by atoms with Gasteiger partial charge in [0.25, 0.3) is 5.91 Å². The van der Waals surface area contributed by atoms with E-state index >= 15 is 0 Å². The predicted molar refractivity (Wildman–Crippen MR) is 150 cm³/mol. The highest BCUT2D eigenvalue weighted by molar-refractivity contribution is 7.94. The minimum atomic E-state index is -4.26. The Morgan fingerprint density at radius 1 is 0.675 bits per heavy atom. The van der Waals surface area contributed by atoms with Crippen LogP contribution in [0.2, 0.25) is 0 Å². The molecular weight excluding hydrogens is 550 g/mol. The number of nitrogens with one attached hydrogen (secondary N) is 1. The van der Waals surface area contributed by atoms with Crippen LogP contribution in [0.15, 0.2) is 111 Å². The first kappa shape index (κ1) is 28.8. The normalized spacial score (nSPS) is 12.4. The first-order valence-electron chi connectivity index (χ1n) is 12.3. The van der Waals surface area contributed by atoms with Gasteiger partial charge in [-0.3, -0.25) is 4.79 Å². The van der Waals surface area contributed by atoms with Crippen molar-refractivity contribution in [1.82, 2.24) is 5.32 Å². The fraction of sp³-hybridized carbons (Fsp3) is 0.167. The van der Waals surface area contributed by atoms with Gasteiger partial charge in [0.15, 0.2) is 0 Å². The van der Waals surface area contributed by atoms with E-state index in [0.29, 0.717) is 16.9 Å².